The molecule has 1 saturated carbocycles. The third-order valence-corrected chi connectivity index (χ3v) is 5.88. The molecule has 28 heavy (non-hydrogen) atoms. The summed E-state index contributed by atoms with van der Waals surface area (Å²) >= 11 is 0. The lowest BCUT2D eigenvalue weighted by molar-refractivity contribution is 0.307. The van der Waals surface area contributed by atoms with Crippen LogP contribution >= 0.6 is 0 Å². The van der Waals surface area contributed by atoms with E-state index < -0.39 is 11.2 Å². The van der Waals surface area contributed by atoms with E-state index in [2.05, 4.69) is 17.4 Å². The van der Waals surface area contributed by atoms with Gasteiger partial charge in [0.25, 0.3) is 5.56 Å². The molecule has 0 atom stereocenters. The van der Waals surface area contributed by atoms with E-state index in [1.165, 1.54) is 23.6 Å². The van der Waals surface area contributed by atoms with Crippen LogP contribution in [0.2, 0.25) is 0 Å². The minimum atomic E-state index is -0.574. The fraction of sp³-hybridized carbons (Fsp3) is 0.476. The molecule has 0 radical (unpaired) electrons. The number of nitrogens with one attached hydrogen (secondary N) is 1. The Kier molecular flexibility index (Phi) is 5.59. The lowest BCUT2D eigenvalue weighted by Crippen LogP contribution is -2.42. The summed E-state index contributed by atoms with van der Waals surface area (Å²) in [6, 6.07) is 10.0. The number of rotatable bonds is 5. The lowest BCUT2D eigenvalue weighted by Gasteiger charge is -2.38. The summed E-state index contributed by atoms with van der Waals surface area (Å²) in [5.74, 6) is 1.09. The number of ether oxygens (including phenoxy) is 1. The van der Waals surface area contributed by atoms with Gasteiger partial charge in [-0.25, -0.2) is 4.79 Å². The van der Waals surface area contributed by atoms with Gasteiger partial charge in [-0.2, -0.15) is 5.26 Å². The Morgan fingerprint density at radius 2 is 1.75 bits per heavy atom. The van der Waals surface area contributed by atoms with E-state index in [0.717, 1.165) is 36.0 Å². The average Bonchev–Trinajstić information content (AvgIpc) is 2.74. The zero-order chi connectivity index (χ0) is 20.3. The van der Waals surface area contributed by atoms with Crippen LogP contribution in [-0.4, -0.2) is 22.8 Å². The number of nitrogens with zero attached hydrogens (tertiary/aromatic N) is 3. The molecule has 0 spiro atoms. The van der Waals surface area contributed by atoms with Gasteiger partial charge < -0.3 is 10.1 Å². The average molecular weight is 382 g/mol. The molecule has 1 N–H and O–H groups in total. The second-order valence-corrected chi connectivity index (χ2v) is 7.46. The van der Waals surface area contributed by atoms with Crippen molar-refractivity contribution in [3.05, 3.63) is 56.2 Å². The van der Waals surface area contributed by atoms with E-state index in [1.54, 1.807) is 14.2 Å². The van der Waals surface area contributed by atoms with Crippen LogP contribution in [0.3, 0.4) is 0 Å². The quantitative estimate of drug-likeness (QED) is 0.857. The Hall–Kier alpha value is -3.01. The molecule has 0 aliphatic heterocycles. The van der Waals surface area contributed by atoms with Crippen molar-refractivity contribution < 1.29 is 4.74 Å². The van der Waals surface area contributed by atoms with Crippen LogP contribution in [0.25, 0.3) is 0 Å². The first-order chi connectivity index (χ1) is 13.4. The van der Waals surface area contributed by atoms with Gasteiger partial charge >= 0.3 is 5.69 Å². The predicted molar refractivity (Wildman–Crippen MR) is 108 cm³/mol. The van der Waals surface area contributed by atoms with Gasteiger partial charge in [0.1, 0.15) is 17.6 Å². The first kappa shape index (κ1) is 19.7. The summed E-state index contributed by atoms with van der Waals surface area (Å²) in [5, 5.41) is 12.8. The fourth-order valence-corrected chi connectivity index (χ4v) is 4.15. The molecule has 0 bridgehead atoms. The van der Waals surface area contributed by atoms with E-state index in [1.807, 2.05) is 18.2 Å². The zero-order valence-electron chi connectivity index (χ0n) is 16.6. The molecule has 1 fully saturated rings. The number of aromatic nitrogens is 2. The van der Waals surface area contributed by atoms with E-state index in [-0.39, 0.29) is 16.8 Å². The number of nitriles is 1. The van der Waals surface area contributed by atoms with Gasteiger partial charge in [-0.1, -0.05) is 31.4 Å². The highest BCUT2D eigenvalue weighted by Gasteiger charge is 2.34. The normalized spacial score (nSPS) is 15.6. The topological polar surface area (TPSA) is 89.1 Å². The molecule has 1 aromatic heterocycles. The minimum Gasteiger partial charge on any atom is -0.497 e. The highest BCUT2D eigenvalue weighted by atomic mass is 16.5. The van der Waals surface area contributed by atoms with Crippen LogP contribution < -0.4 is 21.3 Å². The SMILES string of the molecule is COc1ccc(C2(CNc3c(C#N)c(=O)n(C)c(=O)n3C)CCCCC2)cc1. The van der Waals surface area contributed by atoms with Gasteiger partial charge in [0.05, 0.1) is 7.11 Å². The van der Waals surface area contributed by atoms with Crippen LogP contribution in [0.1, 0.15) is 43.2 Å². The van der Waals surface area contributed by atoms with E-state index in [9.17, 15) is 14.9 Å². The molecular formula is C21H26N4O3. The fourth-order valence-electron chi connectivity index (χ4n) is 4.15. The Balaban J connectivity index is 1.99. The van der Waals surface area contributed by atoms with Gasteiger partial charge in [-0.15, -0.1) is 0 Å². The maximum Gasteiger partial charge on any atom is 0.332 e. The van der Waals surface area contributed by atoms with Gasteiger partial charge in [0.2, 0.25) is 0 Å². The smallest absolute Gasteiger partial charge is 0.332 e. The molecule has 2 aromatic rings. The Morgan fingerprint density at radius 1 is 1.11 bits per heavy atom. The van der Waals surface area contributed by atoms with Crippen LogP contribution in [0.15, 0.2) is 33.9 Å². The number of methoxy groups -OCH3 is 1. The second-order valence-electron chi connectivity index (χ2n) is 7.46. The summed E-state index contributed by atoms with van der Waals surface area (Å²) in [5.41, 5.74) is 0.0241. The van der Waals surface area contributed by atoms with Crippen molar-refractivity contribution in [2.45, 2.75) is 37.5 Å². The van der Waals surface area contributed by atoms with Gasteiger partial charge in [0, 0.05) is 26.1 Å². The molecular weight excluding hydrogens is 356 g/mol. The Morgan fingerprint density at radius 3 is 2.32 bits per heavy atom. The third-order valence-electron chi connectivity index (χ3n) is 5.88. The maximum atomic E-state index is 12.3. The van der Waals surface area contributed by atoms with E-state index >= 15 is 0 Å². The molecule has 1 aliphatic carbocycles. The summed E-state index contributed by atoms with van der Waals surface area (Å²) in [6.45, 7) is 0.550. The van der Waals surface area contributed by atoms with Crippen LogP contribution in [0, 0.1) is 11.3 Å². The molecule has 148 valence electrons. The van der Waals surface area contributed by atoms with Crippen molar-refractivity contribution in [2.24, 2.45) is 14.1 Å². The molecule has 0 amide bonds. The monoisotopic (exact) mass is 382 g/mol. The molecule has 0 saturated heterocycles. The lowest BCUT2D eigenvalue weighted by atomic mass is 9.69. The highest BCUT2D eigenvalue weighted by Crippen LogP contribution is 2.40. The third kappa shape index (κ3) is 3.42. The summed E-state index contributed by atoms with van der Waals surface area (Å²) in [7, 11) is 4.61. The molecule has 1 heterocycles. The van der Waals surface area contributed by atoms with E-state index in [4.69, 9.17) is 4.74 Å². The van der Waals surface area contributed by atoms with Crippen LogP contribution in [0.5, 0.6) is 5.75 Å². The summed E-state index contributed by atoms with van der Waals surface area (Å²) < 4.78 is 7.58. The minimum absolute atomic E-state index is 0.0368. The maximum absolute atomic E-state index is 12.3. The molecule has 3 rings (SSSR count). The van der Waals surface area contributed by atoms with Gasteiger partial charge in [0.15, 0.2) is 5.56 Å². The van der Waals surface area contributed by atoms with E-state index in [0.29, 0.717) is 6.54 Å². The van der Waals surface area contributed by atoms with Gasteiger partial charge in [-0.3, -0.25) is 13.9 Å². The van der Waals surface area contributed by atoms with Crippen molar-refractivity contribution in [2.75, 3.05) is 19.0 Å². The number of hydrogen-bond acceptors (Lipinski definition) is 5. The number of anilines is 1. The van der Waals surface area contributed by atoms with Crippen molar-refractivity contribution in [1.29, 1.82) is 5.26 Å². The molecule has 7 nitrogen and oxygen atoms in total. The summed E-state index contributed by atoms with van der Waals surface area (Å²) in [4.78, 5) is 24.7. The predicted octanol–water partition coefficient (Wildman–Crippen LogP) is 2.28. The largest absolute Gasteiger partial charge is 0.497 e. The van der Waals surface area contributed by atoms with Crippen molar-refractivity contribution >= 4 is 5.82 Å². The van der Waals surface area contributed by atoms with Crippen molar-refractivity contribution in [3.63, 3.8) is 0 Å². The first-order valence-electron chi connectivity index (χ1n) is 9.52. The van der Waals surface area contributed by atoms with Crippen LogP contribution in [-0.2, 0) is 19.5 Å². The van der Waals surface area contributed by atoms with Crippen molar-refractivity contribution in [1.82, 2.24) is 9.13 Å². The molecule has 0 unspecified atom stereocenters. The number of hydrogen-bond donors (Lipinski definition) is 1. The standard InChI is InChI=1S/C21H26N4O3/c1-24-18(17(13-22)19(26)25(2)20(24)27)23-14-21(11-5-4-6-12-21)15-7-9-16(28-3)10-8-15/h7-10,23H,4-6,11-12,14H2,1-3H3. The molecule has 7 heteroatoms. The molecule has 1 aromatic carbocycles. The first-order valence-corrected chi connectivity index (χ1v) is 9.52. The van der Waals surface area contributed by atoms with Crippen molar-refractivity contribution in [3.8, 4) is 11.8 Å². The van der Waals surface area contributed by atoms with Gasteiger partial charge in [-0.05, 0) is 30.5 Å². The summed E-state index contributed by atoms with van der Waals surface area (Å²) in [6.07, 6.45) is 5.45. The highest BCUT2D eigenvalue weighted by molar-refractivity contribution is 5.52. The number of benzene rings is 1. The second kappa shape index (κ2) is 7.93. The zero-order valence-corrected chi connectivity index (χ0v) is 16.6. The molecule has 1 aliphatic rings. The Labute approximate surface area is 164 Å². The Bertz CT molecular complexity index is 1010. The van der Waals surface area contributed by atoms with Crippen LogP contribution in [0.4, 0.5) is 5.82 Å².